The molecule has 2 nitrogen and oxygen atoms in total. The van der Waals surface area contributed by atoms with Gasteiger partial charge in [0.2, 0.25) is 0 Å². The van der Waals surface area contributed by atoms with Gasteiger partial charge in [-0.1, -0.05) is 25.2 Å². The normalized spacial score (nSPS) is 31.6. The number of rotatable bonds is 1. The maximum Gasteiger partial charge on any atom is 0.146 e. The van der Waals surface area contributed by atoms with Crippen molar-refractivity contribution in [3.8, 4) is 0 Å². The Morgan fingerprint density at radius 2 is 2.40 bits per heavy atom. The molecule has 2 heteroatoms. The third-order valence-corrected chi connectivity index (χ3v) is 1.86. The third kappa shape index (κ3) is 1.16. The van der Waals surface area contributed by atoms with Crippen LogP contribution in [0.5, 0.6) is 0 Å². The van der Waals surface area contributed by atoms with Crippen LogP contribution in [0.2, 0.25) is 0 Å². The Morgan fingerprint density at radius 1 is 1.70 bits per heavy atom. The molecule has 2 unspecified atom stereocenters. The summed E-state index contributed by atoms with van der Waals surface area (Å²) in [5.74, 6) is 0.169. The molecule has 0 aromatic heterocycles. The lowest BCUT2D eigenvalue weighted by Crippen LogP contribution is -2.29. The van der Waals surface area contributed by atoms with E-state index in [2.05, 4.69) is 0 Å². The lowest BCUT2D eigenvalue weighted by atomic mass is 9.90. The van der Waals surface area contributed by atoms with Gasteiger partial charge in [-0.2, -0.15) is 0 Å². The number of carbonyl (C=O) groups is 1. The summed E-state index contributed by atoms with van der Waals surface area (Å²) >= 11 is 0. The van der Waals surface area contributed by atoms with E-state index >= 15 is 0 Å². The maximum atomic E-state index is 10.4. The van der Waals surface area contributed by atoms with Gasteiger partial charge in [-0.25, -0.2) is 0 Å². The molecule has 10 heavy (non-hydrogen) atoms. The molecule has 0 bridgehead atoms. The predicted octanol–water partition coefficient (Wildman–Crippen LogP) is 0.645. The lowest BCUT2D eigenvalue weighted by Gasteiger charge is -2.18. The molecule has 1 rings (SSSR count). The Bertz CT molecular complexity index is 193. The van der Waals surface area contributed by atoms with Crippen molar-refractivity contribution < 1.29 is 4.79 Å². The van der Waals surface area contributed by atoms with Crippen molar-refractivity contribution >= 4 is 6.29 Å². The van der Waals surface area contributed by atoms with Crippen LogP contribution < -0.4 is 5.73 Å². The standard InChI is InChI=1S/C8H11NO/c1-6-7(5-10)3-2-4-8(6)9/h2-6,8H,9H2,1H3. The van der Waals surface area contributed by atoms with Gasteiger partial charge in [0.15, 0.2) is 0 Å². The zero-order valence-corrected chi connectivity index (χ0v) is 5.95. The number of nitrogens with two attached hydrogens (primary N) is 1. The van der Waals surface area contributed by atoms with E-state index in [0.29, 0.717) is 0 Å². The third-order valence-electron chi connectivity index (χ3n) is 1.86. The SMILES string of the molecule is CC1C(C=O)=CC=CC1N. The fraction of sp³-hybridized carbons (Fsp3) is 0.375. The Morgan fingerprint density at radius 3 is 2.90 bits per heavy atom. The molecule has 0 aromatic carbocycles. The van der Waals surface area contributed by atoms with Crippen molar-refractivity contribution in [1.29, 1.82) is 0 Å². The second-order valence-electron chi connectivity index (χ2n) is 2.54. The quantitative estimate of drug-likeness (QED) is 0.539. The summed E-state index contributed by atoms with van der Waals surface area (Å²) in [6, 6.07) is 0.00481. The van der Waals surface area contributed by atoms with Crippen molar-refractivity contribution in [3.63, 3.8) is 0 Å². The van der Waals surface area contributed by atoms with Gasteiger partial charge < -0.3 is 5.73 Å². The summed E-state index contributed by atoms with van der Waals surface area (Å²) in [6.07, 6.45) is 6.40. The van der Waals surface area contributed by atoms with Crippen LogP contribution in [-0.4, -0.2) is 12.3 Å². The van der Waals surface area contributed by atoms with Gasteiger partial charge in [0, 0.05) is 12.0 Å². The Balaban J connectivity index is 2.81. The van der Waals surface area contributed by atoms with Crippen molar-refractivity contribution in [2.24, 2.45) is 11.7 Å². The van der Waals surface area contributed by atoms with Gasteiger partial charge >= 0.3 is 0 Å². The molecule has 0 saturated heterocycles. The number of hydrogen-bond donors (Lipinski definition) is 1. The smallest absolute Gasteiger partial charge is 0.146 e. The summed E-state index contributed by atoms with van der Waals surface area (Å²) in [4.78, 5) is 10.4. The summed E-state index contributed by atoms with van der Waals surface area (Å²) in [5.41, 5.74) is 6.44. The average molecular weight is 137 g/mol. The van der Waals surface area contributed by atoms with E-state index in [4.69, 9.17) is 5.73 Å². The van der Waals surface area contributed by atoms with E-state index in [9.17, 15) is 4.79 Å². The van der Waals surface area contributed by atoms with Gasteiger partial charge in [0.05, 0.1) is 0 Å². The molecular weight excluding hydrogens is 126 g/mol. The van der Waals surface area contributed by atoms with Crippen molar-refractivity contribution in [3.05, 3.63) is 23.8 Å². The first-order valence-electron chi connectivity index (χ1n) is 3.35. The Hall–Kier alpha value is -0.890. The molecule has 0 amide bonds. The fourth-order valence-corrected chi connectivity index (χ4v) is 0.982. The Kier molecular flexibility index (Phi) is 2.02. The molecule has 1 aliphatic rings. The Labute approximate surface area is 60.4 Å². The van der Waals surface area contributed by atoms with Crippen LogP contribution in [-0.2, 0) is 4.79 Å². The van der Waals surface area contributed by atoms with E-state index in [0.717, 1.165) is 11.9 Å². The first-order valence-corrected chi connectivity index (χ1v) is 3.35. The van der Waals surface area contributed by atoms with Crippen LogP contribution in [0.3, 0.4) is 0 Å². The van der Waals surface area contributed by atoms with Gasteiger partial charge in [0.1, 0.15) is 6.29 Å². The van der Waals surface area contributed by atoms with Gasteiger partial charge in [0.25, 0.3) is 0 Å². The van der Waals surface area contributed by atoms with E-state index in [1.807, 2.05) is 19.1 Å². The van der Waals surface area contributed by atoms with Gasteiger partial charge in [-0.15, -0.1) is 0 Å². The minimum atomic E-state index is 0.00481. The van der Waals surface area contributed by atoms with Crippen LogP contribution >= 0.6 is 0 Å². The van der Waals surface area contributed by atoms with E-state index in [-0.39, 0.29) is 12.0 Å². The minimum absolute atomic E-state index is 0.00481. The first-order chi connectivity index (χ1) is 4.75. The molecule has 0 spiro atoms. The van der Waals surface area contributed by atoms with Gasteiger partial charge in [-0.05, 0) is 5.57 Å². The fourth-order valence-electron chi connectivity index (χ4n) is 0.982. The topological polar surface area (TPSA) is 43.1 Å². The first kappa shape index (κ1) is 7.22. The molecular formula is C8H11NO. The van der Waals surface area contributed by atoms with Crippen LogP contribution in [0.25, 0.3) is 0 Å². The van der Waals surface area contributed by atoms with Crippen LogP contribution in [0.15, 0.2) is 23.8 Å². The zero-order chi connectivity index (χ0) is 7.56. The van der Waals surface area contributed by atoms with E-state index in [1.54, 1.807) is 6.08 Å². The van der Waals surface area contributed by atoms with Crippen LogP contribution in [0, 0.1) is 5.92 Å². The molecule has 0 fully saturated rings. The molecule has 1 aliphatic carbocycles. The molecule has 2 atom stereocenters. The predicted molar refractivity (Wildman–Crippen MR) is 40.4 cm³/mol. The molecule has 2 N–H and O–H groups in total. The highest BCUT2D eigenvalue weighted by molar-refractivity contribution is 5.75. The molecule has 54 valence electrons. The van der Waals surface area contributed by atoms with Crippen molar-refractivity contribution in [2.75, 3.05) is 0 Å². The largest absolute Gasteiger partial charge is 0.324 e. The van der Waals surface area contributed by atoms with Crippen LogP contribution in [0.1, 0.15) is 6.92 Å². The zero-order valence-electron chi connectivity index (χ0n) is 5.95. The highest BCUT2D eigenvalue weighted by Crippen LogP contribution is 2.16. The van der Waals surface area contributed by atoms with Gasteiger partial charge in [-0.3, -0.25) is 4.79 Å². The second kappa shape index (κ2) is 2.80. The van der Waals surface area contributed by atoms with E-state index in [1.165, 1.54) is 0 Å². The summed E-state index contributed by atoms with van der Waals surface area (Å²) in [5, 5.41) is 0. The van der Waals surface area contributed by atoms with E-state index < -0.39 is 0 Å². The van der Waals surface area contributed by atoms with Crippen molar-refractivity contribution in [2.45, 2.75) is 13.0 Å². The molecule has 0 heterocycles. The van der Waals surface area contributed by atoms with Crippen molar-refractivity contribution in [1.82, 2.24) is 0 Å². The lowest BCUT2D eigenvalue weighted by molar-refractivity contribution is -0.105. The average Bonchev–Trinajstić information content (AvgIpc) is 1.95. The highest BCUT2D eigenvalue weighted by atomic mass is 16.1. The molecule has 0 aliphatic heterocycles. The summed E-state index contributed by atoms with van der Waals surface area (Å²) < 4.78 is 0. The minimum Gasteiger partial charge on any atom is -0.324 e. The number of hydrogen-bond acceptors (Lipinski definition) is 2. The summed E-state index contributed by atoms with van der Waals surface area (Å²) in [7, 11) is 0. The number of carbonyl (C=O) groups excluding carboxylic acids is 1. The molecule has 0 saturated carbocycles. The second-order valence-corrected chi connectivity index (χ2v) is 2.54. The molecule has 0 aromatic rings. The highest BCUT2D eigenvalue weighted by Gasteiger charge is 2.15. The van der Waals surface area contributed by atoms with Crippen LogP contribution in [0.4, 0.5) is 0 Å². The molecule has 0 radical (unpaired) electrons. The number of allylic oxidation sites excluding steroid dienone is 2. The monoisotopic (exact) mass is 137 g/mol. The summed E-state index contributed by atoms with van der Waals surface area (Å²) in [6.45, 7) is 1.95. The maximum absolute atomic E-state index is 10.4. The number of aldehydes is 1.